The van der Waals surface area contributed by atoms with Crippen molar-refractivity contribution in [3.8, 4) is 5.75 Å². The van der Waals surface area contributed by atoms with Crippen LogP contribution in [0.5, 0.6) is 5.75 Å². The molecule has 2 heterocycles. The first-order valence-electron chi connectivity index (χ1n) is 9.92. The Morgan fingerprint density at radius 3 is 2.73 bits per heavy atom. The number of benzene rings is 1. The van der Waals surface area contributed by atoms with E-state index in [0.717, 1.165) is 30.5 Å². The fourth-order valence-corrected chi connectivity index (χ4v) is 3.40. The Morgan fingerprint density at radius 2 is 2.00 bits per heavy atom. The van der Waals surface area contributed by atoms with E-state index in [-0.39, 0.29) is 11.8 Å². The number of hydrogen-bond donors (Lipinski definition) is 2. The van der Waals surface area contributed by atoms with Crippen molar-refractivity contribution < 1.29 is 14.3 Å². The highest BCUT2D eigenvalue weighted by atomic mass is 35.5. The van der Waals surface area contributed by atoms with Gasteiger partial charge in [-0.25, -0.2) is 0 Å². The number of rotatable bonds is 5. The molecule has 8 nitrogen and oxygen atoms in total. The predicted molar refractivity (Wildman–Crippen MR) is 114 cm³/mol. The number of nitrogens with zero attached hydrogens (tertiary/aromatic N) is 3. The molecular weight excluding hydrogens is 406 g/mol. The third kappa shape index (κ3) is 5.38. The van der Waals surface area contributed by atoms with Gasteiger partial charge in [0.2, 0.25) is 5.91 Å². The van der Waals surface area contributed by atoms with E-state index in [1.807, 2.05) is 36.9 Å². The largest absolute Gasteiger partial charge is 0.481 e. The van der Waals surface area contributed by atoms with Crippen molar-refractivity contribution >= 4 is 29.2 Å². The highest BCUT2D eigenvalue weighted by Gasteiger charge is 2.27. The zero-order valence-electron chi connectivity index (χ0n) is 17.3. The lowest BCUT2D eigenvalue weighted by Gasteiger charge is -2.32. The number of halogens is 1. The molecule has 0 bridgehead atoms. The maximum Gasteiger partial charge on any atom is 0.279 e. The van der Waals surface area contributed by atoms with E-state index in [4.69, 9.17) is 16.3 Å². The summed E-state index contributed by atoms with van der Waals surface area (Å²) in [4.78, 5) is 26.9. The molecule has 30 heavy (non-hydrogen) atoms. The molecular formula is C21H26ClN5O3. The summed E-state index contributed by atoms with van der Waals surface area (Å²) in [5.74, 6) is 0.397. The van der Waals surface area contributed by atoms with E-state index in [1.165, 1.54) is 0 Å². The van der Waals surface area contributed by atoms with Crippen molar-refractivity contribution in [1.82, 2.24) is 21.0 Å². The van der Waals surface area contributed by atoms with Crippen LogP contribution in [-0.4, -0.2) is 41.2 Å². The quantitative estimate of drug-likeness (QED) is 0.706. The predicted octanol–water partition coefficient (Wildman–Crippen LogP) is 2.58. The molecule has 2 N–H and O–H groups in total. The number of carbonyl (C=O) groups excluding carboxylic acids is 2. The number of nitrogens with one attached hydrogen (secondary N) is 2. The zero-order chi connectivity index (χ0) is 21.7. The van der Waals surface area contributed by atoms with Gasteiger partial charge in [-0.05, 0) is 62.9 Å². The molecule has 1 aliphatic rings. The number of ether oxygens (including phenoxy) is 1. The molecule has 9 heteroatoms. The third-order valence-corrected chi connectivity index (χ3v) is 5.47. The van der Waals surface area contributed by atoms with Gasteiger partial charge in [-0.15, -0.1) is 10.2 Å². The van der Waals surface area contributed by atoms with E-state index >= 15 is 0 Å². The fraction of sp³-hybridized carbons (Fsp3) is 0.429. The van der Waals surface area contributed by atoms with Gasteiger partial charge < -0.3 is 9.64 Å². The molecule has 1 saturated heterocycles. The number of amides is 2. The molecule has 0 saturated carbocycles. The number of carbonyl (C=O) groups is 2. The lowest BCUT2D eigenvalue weighted by atomic mass is 9.97. The first-order chi connectivity index (χ1) is 14.3. The second kappa shape index (κ2) is 9.75. The first kappa shape index (κ1) is 21.8. The molecule has 160 valence electrons. The van der Waals surface area contributed by atoms with Crippen LogP contribution in [-0.2, 0) is 9.59 Å². The van der Waals surface area contributed by atoms with Crippen LogP contribution in [0.2, 0.25) is 5.15 Å². The zero-order valence-corrected chi connectivity index (χ0v) is 18.1. The lowest BCUT2D eigenvalue weighted by molar-refractivity contribution is -0.134. The Bertz CT molecular complexity index is 906. The summed E-state index contributed by atoms with van der Waals surface area (Å²) >= 11 is 5.79. The van der Waals surface area contributed by atoms with Crippen molar-refractivity contribution in [2.24, 2.45) is 5.92 Å². The maximum atomic E-state index is 12.6. The summed E-state index contributed by atoms with van der Waals surface area (Å²) < 4.78 is 5.75. The molecule has 2 atom stereocenters. The van der Waals surface area contributed by atoms with E-state index in [9.17, 15) is 9.59 Å². The van der Waals surface area contributed by atoms with Crippen molar-refractivity contribution in [2.45, 2.75) is 39.7 Å². The van der Waals surface area contributed by atoms with Gasteiger partial charge in [0.25, 0.3) is 5.91 Å². The van der Waals surface area contributed by atoms with E-state index in [0.29, 0.717) is 23.3 Å². The highest BCUT2D eigenvalue weighted by molar-refractivity contribution is 6.29. The summed E-state index contributed by atoms with van der Waals surface area (Å²) in [7, 11) is 0. The molecule has 2 amide bonds. The van der Waals surface area contributed by atoms with Crippen LogP contribution in [0.15, 0.2) is 30.3 Å². The molecule has 1 aromatic heterocycles. The second-order valence-corrected chi connectivity index (χ2v) is 7.82. The van der Waals surface area contributed by atoms with Crippen LogP contribution in [0.25, 0.3) is 0 Å². The lowest BCUT2D eigenvalue weighted by Crippen LogP contribution is -2.51. The molecule has 3 rings (SSSR count). The highest BCUT2D eigenvalue weighted by Crippen LogP contribution is 2.23. The minimum Gasteiger partial charge on any atom is -0.481 e. The van der Waals surface area contributed by atoms with Gasteiger partial charge in [-0.2, -0.15) is 0 Å². The molecule has 0 unspecified atom stereocenters. The van der Waals surface area contributed by atoms with Gasteiger partial charge in [-0.3, -0.25) is 20.4 Å². The Kier molecular flexibility index (Phi) is 7.10. The minimum atomic E-state index is -0.752. The summed E-state index contributed by atoms with van der Waals surface area (Å²) in [6.45, 7) is 6.84. The van der Waals surface area contributed by atoms with Gasteiger partial charge in [0.15, 0.2) is 17.1 Å². The minimum absolute atomic E-state index is 0.242. The summed E-state index contributed by atoms with van der Waals surface area (Å²) in [5.41, 5.74) is 7.06. The number of piperidine rings is 1. The number of anilines is 1. The van der Waals surface area contributed by atoms with Crippen molar-refractivity contribution in [3.63, 3.8) is 0 Å². The number of aromatic nitrogens is 2. The van der Waals surface area contributed by atoms with Crippen LogP contribution >= 0.6 is 11.6 Å². The molecule has 1 fully saturated rings. The number of aryl methyl sites for hydroxylation is 1. The van der Waals surface area contributed by atoms with E-state index < -0.39 is 12.0 Å². The molecule has 0 aliphatic carbocycles. The van der Waals surface area contributed by atoms with Gasteiger partial charge >= 0.3 is 0 Å². The average molecular weight is 432 g/mol. The molecule has 0 spiro atoms. The van der Waals surface area contributed by atoms with E-state index in [1.54, 1.807) is 19.1 Å². The van der Waals surface area contributed by atoms with Crippen molar-refractivity contribution in [1.29, 1.82) is 0 Å². The van der Waals surface area contributed by atoms with Gasteiger partial charge in [0.1, 0.15) is 5.75 Å². The summed E-state index contributed by atoms with van der Waals surface area (Å²) in [6.07, 6.45) is 0.814. The normalized spacial score (nSPS) is 17.2. The third-order valence-electron chi connectivity index (χ3n) is 5.27. The molecule has 1 aromatic carbocycles. The second-order valence-electron chi connectivity index (χ2n) is 7.44. The van der Waals surface area contributed by atoms with Crippen LogP contribution in [0, 0.1) is 19.8 Å². The van der Waals surface area contributed by atoms with Gasteiger partial charge in [0, 0.05) is 13.1 Å². The van der Waals surface area contributed by atoms with Crippen LogP contribution < -0.4 is 20.5 Å². The van der Waals surface area contributed by atoms with Crippen LogP contribution in [0.4, 0.5) is 5.82 Å². The van der Waals surface area contributed by atoms with Crippen molar-refractivity contribution in [3.05, 3.63) is 46.6 Å². The summed E-state index contributed by atoms with van der Waals surface area (Å²) in [5, 5.41) is 8.25. The first-order valence-corrected chi connectivity index (χ1v) is 10.3. The maximum absolute atomic E-state index is 12.6. The van der Waals surface area contributed by atoms with Gasteiger partial charge in [-0.1, -0.05) is 23.7 Å². The van der Waals surface area contributed by atoms with Gasteiger partial charge in [0.05, 0.1) is 5.92 Å². The smallest absolute Gasteiger partial charge is 0.279 e. The average Bonchev–Trinajstić information content (AvgIpc) is 2.75. The Morgan fingerprint density at radius 1 is 1.20 bits per heavy atom. The SMILES string of the molecule is Cc1cccc(O[C@H](C)C(=O)NNC(=O)[C@H]2CCCN(c3ccc(Cl)nn3)C2)c1C. The van der Waals surface area contributed by atoms with Crippen LogP contribution in [0.3, 0.4) is 0 Å². The Hall–Kier alpha value is -2.87. The molecule has 0 radical (unpaired) electrons. The standard InChI is InChI=1S/C21H26ClN5O3/c1-13-6-4-8-17(14(13)2)30-15(3)20(28)25-26-21(29)16-7-5-11-27(12-16)19-10-9-18(22)23-24-19/h4,6,8-10,15-16H,5,7,11-12H2,1-3H3,(H,25,28)(H,26,29)/t15-,16+/m1/s1. The number of hydrazine groups is 1. The number of hydrogen-bond acceptors (Lipinski definition) is 6. The van der Waals surface area contributed by atoms with E-state index in [2.05, 4.69) is 21.0 Å². The summed E-state index contributed by atoms with van der Waals surface area (Å²) in [6, 6.07) is 9.13. The van der Waals surface area contributed by atoms with Crippen LogP contribution in [0.1, 0.15) is 30.9 Å². The monoisotopic (exact) mass is 431 g/mol. The topological polar surface area (TPSA) is 96.5 Å². The fourth-order valence-electron chi connectivity index (χ4n) is 3.30. The Balaban J connectivity index is 1.51. The van der Waals surface area contributed by atoms with Crippen molar-refractivity contribution in [2.75, 3.05) is 18.0 Å². The Labute approximate surface area is 180 Å². The molecule has 2 aromatic rings. The molecule has 1 aliphatic heterocycles.